The maximum absolute atomic E-state index is 12.2. The van der Waals surface area contributed by atoms with Crippen molar-refractivity contribution in [2.45, 2.75) is 13.8 Å². The second-order valence-corrected chi connectivity index (χ2v) is 6.19. The standard InChI is InChI=1S/C21H19N3O4/c1-14-11-12-22-24(14)19-9-5-17(6-10-19)21(27)28-13-20(26)16-3-7-18(8-4-16)23-15(2)25/h3-12H,13H2,1-2H3,(H,23,25). The van der Waals surface area contributed by atoms with Crippen molar-refractivity contribution in [2.75, 3.05) is 11.9 Å². The molecule has 1 heterocycles. The molecule has 0 aliphatic heterocycles. The maximum Gasteiger partial charge on any atom is 0.338 e. The molecule has 7 nitrogen and oxygen atoms in total. The van der Waals surface area contributed by atoms with Gasteiger partial charge in [-0.3, -0.25) is 9.59 Å². The van der Waals surface area contributed by atoms with Crippen LogP contribution < -0.4 is 5.32 Å². The molecule has 0 fully saturated rings. The van der Waals surface area contributed by atoms with Gasteiger partial charge < -0.3 is 10.1 Å². The topological polar surface area (TPSA) is 90.3 Å². The molecule has 7 heteroatoms. The van der Waals surface area contributed by atoms with Gasteiger partial charge in [-0.2, -0.15) is 5.10 Å². The summed E-state index contributed by atoms with van der Waals surface area (Å²) < 4.78 is 6.87. The van der Waals surface area contributed by atoms with Gasteiger partial charge in [0.25, 0.3) is 0 Å². The number of hydrogen-bond acceptors (Lipinski definition) is 5. The Morgan fingerprint density at radius 3 is 2.18 bits per heavy atom. The fraction of sp³-hybridized carbons (Fsp3) is 0.143. The Hall–Kier alpha value is -3.74. The zero-order chi connectivity index (χ0) is 20.1. The lowest BCUT2D eigenvalue weighted by Gasteiger charge is -2.07. The van der Waals surface area contributed by atoms with Crippen LogP contribution in [0.1, 0.15) is 33.3 Å². The van der Waals surface area contributed by atoms with E-state index in [0.29, 0.717) is 16.8 Å². The highest BCUT2D eigenvalue weighted by Crippen LogP contribution is 2.13. The van der Waals surface area contributed by atoms with Crippen molar-refractivity contribution in [3.8, 4) is 5.69 Å². The molecule has 0 saturated heterocycles. The molecular formula is C21H19N3O4. The Labute approximate surface area is 161 Å². The SMILES string of the molecule is CC(=O)Nc1ccc(C(=O)COC(=O)c2ccc(-n3nccc3C)cc2)cc1. The molecule has 142 valence electrons. The molecule has 3 aromatic rings. The number of carbonyl (C=O) groups excluding carboxylic acids is 3. The molecule has 0 unspecified atom stereocenters. The van der Waals surface area contributed by atoms with Gasteiger partial charge in [-0.05, 0) is 61.5 Å². The summed E-state index contributed by atoms with van der Waals surface area (Å²) in [6.07, 6.45) is 1.70. The molecule has 0 spiro atoms. The van der Waals surface area contributed by atoms with E-state index in [0.717, 1.165) is 11.4 Å². The molecule has 0 radical (unpaired) electrons. The van der Waals surface area contributed by atoms with Gasteiger partial charge in [0.1, 0.15) is 0 Å². The number of ether oxygens (including phenoxy) is 1. The summed E-state index contributed by atoms with van der Waals surface area (Å²) in [6.45, 7) is 2.98. The number of ketones is 1. The number of carbonyl (C=O) groups is 3. The summed E-state index contributed by atoms with van der Waals surface area (Å²) in [6, 6.07) is 15.1. The van der Waals surface area contributed by atoms with Crippen LogP contribution in [0.15, 0.2) is 60.8 Å². The van der Waals surface area contributed by atoms with Crippen LogP contribution in [0.3, 0.4) is 0 Å². The molecule has 0 atom stereocenters. The van der Waals surface area contributed by atoms with Crippen molar-refractivity contribution in [3.05, 3.63) is 77.6 Å². The molecule has 0 saturated carbocycles. The number of Topliss-reactive ketones (excluding diaryl/α,β-unsaturated/α-hetero) is 1. The first kappa shape index (κ1) is 19.0. The van der Waals surface area contributed by atoms with Crippen molar-refractivity contribution >= 4 is 23.3 Å². The molecular weight excluding hydrogens is 358 g/mol. The number of esters is 1. The van der Waals surface area contributed by atoms with E-state index >= 15 is 0 Å². The van der Waals surface area contributed by atoms with Gasteiger partial charge in [0.2, 0.25) is 5.91 Å². The smallest absolute Gasteiger partial charge is 0.338 e. The fourth-order valence-corrected chi connectivity index (χ4v) is 2.62. The molecule has 28 heavy (non-hydrogen) atoms. The van der Waals surface area contributed by atoms with Gasteiger partial charge in [0.15, 0.2) is 12.4 Å². The molecule has 0 aliphatic rings. The number of aryl methyl sites for hydroxylation is 1. The van der Waals surface area contributed by atoms with Crippen LogP contribution in [0.4, 0.5) is 5.69 Å². The highest BCUT2D eigenvalue weighted by atomic mass is 16.5. The van der Waals surface area contributed by atoms with E-state index in [9.17, 15) is 14.4 Å². The van der Waals surface area contributed by atoms with Gasteiger partial charge >= 0.3 is 5.97 Å². The third-order valence-electron chi connectivity index (χ3n) is 4.04. The molecule has 3 rings (SSSR count). The van der Waals surface area contributed by atoms with Gasteiger partial charge in [-0.15, -0.1) is 0 Å². The largest absolute Gasteiger partial charge is 0.454 e. The van der Waals surface area contributed by atoms with Crippen molar-refractivity contribution in [1.82, 2.24) is 9.78 Å². The molecule has 2 aromatic carbocycles. The number of amides is 1. The summed E-state index contributed by atoms with van der Waals surface area (Å²) in [5.41, 5.74) is 3.14. The minimum atomic E-state index is -0.577. The molecule has 1 N–H and O–H groups in total. The Bertz CT molecular complexity index is 1000. The van der Waals surface area contributed by atoms with Gasteiger partial charge in [-0.25, -0.2) is 9.48 Å². The highest BCUT2D eigenvalue weighted by Gasteiger charge is 2.12. The number of anilines is 1. The average molecular weight is 377 g/mol. The van der Waals surface area contributed by atoms with Gasteiger partial charge in [-0.1, -0.05) is 0 Å². The minimum absolute atomic E-state index is 0.193. The summed E-state index contributed by atoms with van der Waals surface area (Å²) >= 11 is 0. The van der Waals surface area contributed by atoms with E-state index in [2.05, 4.69) is 10.4 Å². The van der Waals surface area contributed by atoms with Crippen LogP contribution in [0, 0.1) is 6.92 Å². The monoisotopic (exact) mass is 377 g/mol. The Morgan fingerprint density at radius 2 is 1.61 bits per heavy atom. The van der Waals surface area contributed by atoms with E-state index in [1.807, 2.05) is 13.0 Å². The van der Waals surface area contributed by atoms with E-state index in [1.165, 1.54) is 6.92 Å². The highest BCUT2D eigenvalue weighted by molar-refractivity contribution is 6.00. The van der Waals surface area contributed by atoms with Crippen LogP contribution in [0.2, 0.25) is 0 Å². The number of rotatable bonds is 6. The molecule has 0 bridgehead atoms. The van der Waals surface area contributed by atoms with Crippen LogP contribution >= 0.6 is 0 Å². The second kappa shape index (κ2) is 8.30. The molecule has 0 aliphatic carbocycles. The van der Waals surface area contributed by atoms with E-state index < -0.39 is 5.97 Å². The van der Waals surface area contributed by atoms with Crippen molar-refractivity contribution in [1.29, 1.82) is 0 Å². The second-order valence-electron chi connectivity index (χ2n) is 6.19. The van der Waals surface area contributed by atoms with Crippen LogP contribution in [-0.4, -0.2) is 34.0 Å². The van der Waals surface area contributed by atoms with E-state index in [4.69, 9.17) is 4.74 Å². The fourth-order valence-electron chi connectivity index (χ4n) is 2.62. The van der Waals surface area contributed by atoms with Crippen molar-refractivity contribution < 1.29 is 19.1 Å². The Morgan fingerprint density at radius 1 is 0.964 bits per heavy atom. The van der Waals surface area contributed by atoms with Crippen LogP contribution in [0.5, 0.6) is 0 Å². The molecule has 1 aromatic heterocycles. The summed E-state index contributed by atoms with van der Waals surface area (Å²) in [4.78, 5) is 35.4. The van der Waals surface area contributed by atoms with Crippen molar-refractivity contribution in [3.63, 3.8) is 0 Å². The zero-order valence-corrected chi connectivity index (χ0v) is 15.5. The van der Waals surface area contributed by atoms with Crippen molar-refractivity contribution in [2.24, 2.45) is 0 Å². The first-order chi connectivity index (χ1) is 13.4. The Balaban J connectivity index is 1.58. The third-order valence-corrected chi connectivity index (χ3v) is 4.04. The Kier molecular flexibility index (Phi) is 5.64. The van der Waals surface area contributed by atoms with E-state index in [1.54, 1.807) is 59.4 Å². The summed E-state index contributed by atoms with van der Waals surface area (Å²) in [5.74, 6) is -1.10. The van der Waals surface area contributed by atoms with Crippen LogP contribution in [0.25, 0.3) is 5.69 Å². The maximum atomic E-state index is 12.2. The summed E-state index contributed by atoms with van der Waals surface area (Å²) in [7, 11) is 0. The minimum Gasteiger partial charge on any atom is -0.454 e. The van der Waals surface area contributed by atoms with E-state index in [-0.39, 0.29) is 18.3 Å². The predicted octanol–water partition coefficient (Wildman–Crippen LogP) is 3.18. The number of hydrogen-bond donors (Lipinski definition) is 1. The van der Waals surface area contributed by atoms with Gasteiger partial charge in [0, 0.05) is 30.1 Å². The normalized spacial score (nSPS) is 10.4. The lowest BCUT2D eigenvalue weighted by atomic mass is 10.1. The average Bonchev–Trinajstić information content (AvgIpc) is 3.12. The third kappa shape index (κ3) is 4.50. The predicted molar refractivity (Wildman–Crippen MR) is 104 cm³/mol. The lowest BCUT2D eigenvalue weighted by Crippen LogP contribution is -2.14. The van der Waals surface area contributed by atoms with Gasteiger partial charge in [0.05, 0.1) is 11.3 Å². The summed E-state index contributed by atoms with van der Waals surface area (Å²) in [5, 5.41) is 6.83. The molecule has 1 amide bonds. The zero-order valence-electron chi connectivity index (χ0n) is 15.5. The number of nitrogens with one attached hydrogen (secondary N) is 1. The quantitative estimate of drug-likeness (QED) is 0.526. The number of benzene rings is 2. The first-order valence-corrected chi connectivity index (χ1v) is 8.63. The number of aromatic nitrogens is 2. The number of nitrogens with zero attached hydrogens (tertiary/aromatic N) is 2. The first-order valence-electron chi connectivity index (χ1n) is 8.63. The van der Waals surface area contributed by atoms with Crippen LogP contribution in [-0.2, 0) is 9.53 Å². The lowest BCUT2D eigenvalue weighted by molar-refractivity contribution is -0.114.